The van der Waals surface area contributed by atoms with E-state index in [0.717, 1.165) is 11.4 Å². The predicted octanol–water partition coefficient (Wildman–Crippen LogP) is 1.36. The van der Waals surface area contributed by atoms with Crippen molar-refractivity contribution in [3.63, 3.8) is 0 Å². The van der Waals surface area contributed by atoms with Crippen molar-refractivity contribution >= 4 is 11.7 Å². The molecular formula is C11H13NO3. The van der Waals surface area contributed by atoms with Crippen LogP contribution >= 0.6 is 0 Å². The molecule has 0 unspecified atom stereocenters. The number of para-hydroxylation sites is 2. The first-order chi connectivity index (χ1) is 7.18. The lowest BCUT2D eigenvalue weighted by Gasteiger charge is -2.34. The van der Waals surface area contributed by atoms with Crippen molar-refractivity contribution in [3.05, 3.63) is 24.3 Å². The molecule has 1 aliphatic rings. The lowest BCUT2D eigenvalue weighted by atomic mass is 10.1. The largest absolute Gasteiger partial charge is 0.489 e. The van der Waals surface area contributed by atoms with Crippen LogP contribution in [0.25, 0.3) is 0 Å². The van der Waals surface area contributed by atoms with Crippen LogP contribution in [0, 0.1) is 0 Å². The number of carboxylic acids is 1. The Kier molecular flexibility index (Phi) is 2.49. The molecule has 1 aromatic carbocycles. The molecule has 4 heteroatoms. The van der Waals surface area contributed by atoms with E-state index in [-0.39, 0.29) is 12.5 Å². The molecule has 1 heterocycles. The van der Waals surface area contributed by atoms with Gasteiger partial charge in [-0.3, -0.25) is 4.79 Å². The number of hydrogen-bond acceptors (Lipinski definition) is 3. The van der Waals surface area contributed by atoms with Gasteiger partial charge in [-0.15, -0.1) is 0 Å². The quantitative estimate of drug-likeness (QED) is 0.795. The van der Waals surface area contributed by atoms with E-state index in [9.17, 15) is 4.79 Å². The second-order valence-electron chi connectivity index (χ2n) is 3.64. The van der Waals surface area contributed by atoms with E-state index in [1.54, 1.807) is 0 Å². The lowest BCUT2D eigenvalue weighted by molar-refractivity contribution is -0.137. The molecule has 0 saturated heterocycles. The fourth-order valence-corrected chi connectivity index (χ4v) is 1.76. The third-order valence-corrected chi connectivity index (χ3v) is 2.63. The first-order valence-electron chi connectivity index (χ1n) is 4.85. The SMILES string of the molecule is CN1c2ccccc2OC[C@H]1CC(=O)O. The summed E-state index contributed by atoms with van der Waals surface area (Å²) >= 11 is 0. The van der Waals surface area contributed by atoms with Crippen LogP contribution in [0.1, 0.15) is 6.42 Å². The molecule has 0 amide bonds. The van der Waals surface area contributed by atoms with Crippen LogP contribution in [0.4, 0.5) is 5.69 Å². The van der Waals surface area contributed by atoms with E-state index >= 15 is 0 Å². The fourth-order valence-electron chi connectivity index (χ4n) is 1.76. The molecule has 1 N–H and O–H groups in total. The van der Waals surface area contributed by atoms with Crippen LogP contribution in [-0.4, -0.2) is 30.8 Å². The number of carbonyl (C=O) groups is 1. The number of carboxylic acid groups (broad SMARTS) is 1. The zero-order valence-electron chi connectivity index (χ0n) is 8.51. The van der Waals surface area contributed by atoms with Gasteiger partial charge >= 0.3 is 5.97 Å². The Bertz CT molecular complexity index is 378. The normalized spacial score (nSPS) is 19.3. The van der Waals surface area contributed by atoms with E-state index in [1.165, 1.54) is 0 Å². The molecule has 0 aromatic heterocycles. The molecular weight excluding hydrogens is 194 g/mol. The maximum absolute atomic E-state index is 10.6. The summed E-state index contributed by atoms with van der Waals surface area (Å²) in [6, 6.07) is 7.57. The third-order valence-electron chi connectivity index (χ3n) is 2.63. The Morgan fingerprint density at radius 2 is 2.33 bits per heavy atom. The molecule has 15 heavy (non-hydrogen) atoms. The summed E-state index contributed by atoms with van der Waals surface area (Å²) in [5.41, 5.74) is 0.954. The zero-order chi connectivity index (χ0) is 10.8. The number of nitrogens with zero attached hydrogens (tertiary/aromatic N) is 1. The van der Waals surface area contributed by atoms with Gasteiger partial charge in [0.1, 0.15) is 12.4 Å². The van der Waals surface area contributed by atoms with Gasteiger partial charge < -0.3 is 14.7 Å². The highest BCUT2D eigenvalue weighted by molar-refractivity contribution is 5.70. The highest BCUT2D eigenvalue weighted by Gasteiger charge is 2.25. The number of anilines is 1. The summed E-state index contributed by atoms with van der Waals surface area (Å²) in [6.07, 6.45) is 0.102. The van der Waals surface area contributed by atoms with Crippen molar-refractivity contribution in [2.45, 2.75) is 12.5 Å². The van der Waals surface area contributed by atoms with Crippen molar-refractivity contribution in [2.75, 3.05) is 18.6 Å². The number of hydrogen-bond donors (Lipinski definition) is 1. The number of aliphatic carboxylic acids is 1. The van der Waals surface area contributed by atoms with Crippen LogP contribution in [0.3, 0.4) is 0 Å². The maximum Gasteiger partial charge on any atom is 0.305 e. The molecule has 80 valence electrons. The monoisotopic (exact) mass is 207 g/mol. The van der Waals surface area contributed by atoms with Crippen molar-refractivity contribution in [3.8, 4) is 5.75 Å². The van der Waals surface area contributed by atoms with Gasteiger partial charge in [0, 0.05) is 7.05 Å². The predicted molar refractivity (Wildman–Crippen MR) is 56.4 cm³/mol. The molecule has 2 rings (SSSR count). The van der Waals surface area contributed by atoms with E-state index in [4.69, 9.17) is 9.84 Å². The minimum atomic E-state index is -0.796. The number of rotatable bonds is 2. The second kappa shape index (κ2) is 3.81. The Hall–Kier alpha value is -1.71. The van der Waals surface area contributed by atoms with Crippen LogP contribution in [-0.2, 0) is 4.79 Å². The van der Waals surface area contributed by atoms with Gasteiger partial charge in [-0.05, 0) is 12.1 Å². The lowest BCUT2D eigenvalue weighted by Crippen LogP contribution is -2.41. The van der Waals surface area contributed by atoms with Gasteiger partial charge in [-0.2, -0.15) is 0 Å². The first kappa shape index (κ1) is 9.83. The fraction of sp³-hybridized carbons (Fsp3) is 0.364. The van der Waals surface area contributed by atoms with Gasteiger partial charge in [-0.25, -0.2) is 0 Å². The van der Waals surface area contributed by atoms with Crippen molar-refractivity contribution in [1.82, 2.24) is 0 Å². The number of benzene rings is 1. The van der Waals surface area contributed by atoms with Gasteiger partial charge in [0.25, 0.3) is 0 Å². The summed E-state index contributed by atoms with van der Waals surface area (Å²) in [6.45, 7) is 0.430. The van der Waals surface area contributed by atoms with Crippen LogP contribution < -0.4 is 9.64 Å². The van der Waals surface area contributed by atoms with E-state index in [0.29, 0.717) is 6.61 Å². The average molecular weight is 207 g/mol. The topological polar surface area (TPSA) is 49.8 Å². The van der Waals surface area contributed by atoms with Gasteiger partial charge in [-0.1, -0.05) is 12.1 Å². The van der Waals surface area contributed by atoms with Crippen molar-refractivity contribution in [2.24, 2.45) is 0 Å². The Morgan fingerprint density at radius 3 is 3.07 bits per heavy atom. The standard InChI is InChI=1S/C11H13NO3/c1-12-8(6-11(13)14)7-15-10-5-3-2-4-9(10)12/h2-5,8H,6-7H2,1H3,(H,13,14)/t8-/m1/s1. The highest BCUT2D eigenvalue weighted by Crippen LogP contribution is 2.32. The van der Waals surface area contributed by atoms with Gasteiger partial charge in [0.2, 0.25) is 0 Å². The van der Waals surface area contributed by atoms with Gasteiger partial charge in [0.05, 0.1) is 18.2 Å². The molecule has 0 aliphatic carbocycles. The molecule has 0 fully saturated rings. The van der Waals surface area contributed by atoms with E-state index < -0.39 is 5.97 Å². The second-order valence-corrected chi connectivity index (χ2v) is 3.64. The number of ether oxygens (including phenoxy) is 1. The average Bonchev–Trinajstić information content (AvgIpc) is 2.22. The summed E-state index contributed by atoms with van der Waals surface area (Å²) in [4.78, 5) is 12.6. The summed E-state index contributed by atoms with van der Waals surface area (Å²) in [7, 11) is 1.90. The third kappa shape index (κ3) is 1.88. The Labute approximate surface area is 88.1 Å². The van der Waals surface area contributed by atoms with Crippen LogP contribution in [0.5, 0.6) is 5.75 Å². The van der Waals surface area contributed by atoms with Crippen molar-refractivity contribution < 1.29 is 14.6 Å². The van der Waals surface area contributed by atoms with Crippen LogP contribution in [0.2, 0.25) is 0 Å². The zero-order valence-corrected chi connectivity index (χ0v) is 8.51. The Morgan fingerprint density at radius 1 is 1.60 bits per heavy atom. The molecule has 0 saturated carbocycles. The summed E-state index contributed by atoms with van der Waals surface area (Å²) in [5.74, 6) is 0.0245. The highest BCUT2D eigenvalue weighted by atomic mass is 16.5. The first-order valence-corrected chi connectivity index (χ1v) is 4.85. The van der Waals surface area contributed by atoms with Crippen LogP contribution in [0.15, 0.2) is 24.3 Å². The summed E-state index contributed by atoms with van der Waals surface area (Å²) in [5, 5.41) is 8.75. The maximum atomic E-state index is 10.6. The Balaban J connectivity index is 2.22. The molecule has 4 nitrogen and oxygen atoms in total. The van der Waals surface area contributed by atoms with Crippen molar-refractivity contribution in [1.29, 1.82) is 0 Å². The van der Waals surface area contributed by atoms with Gasteiger partial charge in [0.15, 0.2) is 0 Å². The minimum absolute atomic E-state index is 0.0857. The summed E-state index contributed by atoms with van der Waals surface area (Å²) < 4.78 is 5.50. The molecule has 0 spiro atoms. The molecule has 1 aromatic rings. The smallest absolute Gasteiger partial charge is 0.305 e. The minimum Gasteiger partial charge on any atom is -0.489 e. The van der Waals surface area contributed by atoms with E-state index in [1.807, 2.05) is 36.2 Å². The van der Waals surface area contributed by atoms with E-state index in [2.05, 4.69) is 0 Å². The molecule has 0 radical (unpaired) electrons. The number of fused-ring (bicyclic) bond motifs is 1. The molecule has 1 atom stereocenters. The number of likely N-dealkylation sites (N-methyl/N-ethyl adjacent to an activating group) is 1. The molecule has 1 aliphatic heterocycles. The molecule has 0 bridgehead atoms.